The first-order valence-corrected chi connectivity index (χ1v) is 17.7. The summed E-state index contributed by atoms with van der Waals surface area (Å²) in [5.74, 6) is -0.229. The Kier molecular flexibility index (Phi) is 25.3. The molecule has 0 aromatic rings. The highest BCUT2D eigenvalue weighted by Gasteiger charge is 2.44. The molecule has 0 spiro atoms. The van der Waals surface area contributed by atoms with Crippen molar-refractivity contribution in [1.29, 1.82) is 0 Å². The molecule has 1 amide bonds. The van der Waals surface area contributed by atoms with Gasteiger partial charge in [-0.2, -0.15) is 0 Å². The van der Waals surface area contributed by atoms with Crippen molar-refractivity contribution >= 4 is 5.91 Å². The average Bonchev–Trinajstić information content (AvgIpc) is 3.04. The zero-order chi connectivity index (χ0) is 33.1. The molecule has 9 heteroatoms. The predicted octanol–water partition coefficient (Wildman–Crippen LogP) is 5.38. The number of rotatable bonds is 27. The van der Waals surface area contributed by atoms with Crippen molar-refractivity contribution in [1.82, 2.24) is 5.32 Å². The van der Waals surface area contributed by atoms with E-state index in [2.05, 4.69) is 36.5 Å². The van der Waals surface area contributed by atoms with E-state index in [4.69, 9.17) is 9.47 Å². The van der Waals surface area contributed by atoms with E-state index in [1.807, 2.05) is 13.0 Å². The summed E-state index contributed by atoms with van der Waals surface area (Å²) in [6.45, 7) is 3.46. The lowest BCUT2D eigenvalue weighted by molar-refractivity contribution is -0.302. The number of carbonyl (C=O) groups is 1. The Morgan fingerprint density at radius 3 is 1.84 bits per heavy atom. The second-order valence-corrected chi connectivity index (χ2v) is 12.3. The van der Waals surface area contributed by atoms with Gasteiger partial charge >= 0.3 is 0 Å². The number of aliphatic hydroxyl groups excluding tert-OH is 5. The zero-order valence-electron chi connectivity index (χ0n) is 28.1. The molecule has 1 aliphatic heterocycles. The fourth-order valence-electron chi connectivity index (χ4n) is 5.22. The smallest absolute Gasteiger partial charge is 0.220 e. The molecule has 45 heavy (non-hydrogen) atoms. The number of allylic oxidation sites excluding steroid dienone is 5. The zero-order valence-corrected chi connectivity index (χ0v) is 28.1. The summed E-state index contributed by atoms with van der Waals surface area (Å²) in [6.07, 6.45) is 24.6. The minimum absolute atomic E-state index is 0.210. The van der Waals surface area contributed by atoms with E-state index < -0.39 is 49.5 Å². The molecular weight excluding hydrogens is 574 g/mol. The van der Waals surface area contributed by atoms with E-state index in [1.165, 1.54) is 70.6 Å². The Bertz CT molecular complexity index is 802. The van der Waals surface area contributed by atoms with Crippen LogP contribution < -0.4 is 5.32 Å². The van der Waals surface area contributed by atoms with E-state index in [-0.39, 0.29) is 12.5 Å². The fourth-order valence-corrected chi connectivity index (χ4v) is 5.22. The molecule has 0 bridgehead atoms. The monoisotopic (exact) mass is 639 g/mol. The molecule has 9 nitrogen and oxygen atoms in total. The van der Waals surface area contributed by atoms with Gasteiger partial charge in [-0.15, -0.1) is 0 Å². The molecule has 7 unspecified atom stereocenters. The average molecular weight is 640 g/mol. The second-order valence-electron chi connectivity index (χ2n) is 12.3. The topological polar surface area (TPSA) is 149 Å². The van der Waals surface area contributed by atoms with Gasteiger partial charge in [-0.3, -0.25) is 4.79 Å². The maximum absolute atomic E-state index is 12.4. The molecule has 1 heterocycles. The lowest BCUT2D eigenvalue weighted by Crippen LogP contribution is -2.60. The molecule has 0 saturated carbocycles. The van der Waals surface area contributed by atoms with Crippen LogP contribution in [0.3, 0.4) is 0 Å². The number of unbranched alkanes of at least 4 members (excludes halogenated alkanes) is 13. The van der Waals surface area contributed by atoms with Crippen molar-refractivity contribution in [3.05, 3.63) is 36.5 Å². The van der Waals surface area contributed by atoms with Crippen molar-refractivity contribution in [2.75, 3.05) is 13.2 Å². The summed E-state index contributed by atoms with van der Waals surface area (Å²) in [4.78, 5) is 12.4. The molecule has 7 atom stereocenters. The summed E-state index contributed by atoms with van der Waals surface area (Å²) >= 11 is 0. The molecular formula is C36H65NO8. The van der Waals surface area contributed by atoms with Gasteiger partial charge in [0.15, 0.2) is 6.29 Å². The number of hydrogen-bond donors (Lipinski definition) is 6. The highest BCUT2D eigenvalue weighted by molar-refractivity contribution is 5.76. The lowest BCUT2D eigenvalue weighted by Gasteiger charge is -2.40. The van der Waals surface area contributed by atoms with Crippen molar-refractivity contribution in [3.8, 4) is 0 Å². The number of amides is 1. The molecule has 1 aliphatic rings. The van der Waals surface area contributed by atoms with E-state index >= 15 is 0 Å². The van der Waals surface area contributed by atoms with Crippen molar-refractivity contribution in [3.63, 3.8) is 0 Å². The molecule has 0 aromatic carbocycles. The largest absolute Gasteiger partial charge is 0.394 e. The molecule has 0 aromatic heterocycles. The standard InChI is InChI=1S/C36H65NO8/c1-3-5-7-8-9-10-11-12-13-14-15-16-17-18-19-20-21-22-23-24-25-30(39)29(37-32(40)26-6-4-2)28-44-36-35(43)34(42)33(41)31(27-38)45-36/h16-17,20-21,24-25,29-31,33-36,38-39,41-43H,3-15,18-19,22-23,26-28H2,1-2H3,(H,37,40)/b17-16+,21-20+,25-24+. The van der Waals surface area contributed by atoms with Gasteiger partial charge in [0.25, 0.3) is 0 Å². The Morgan fingerprint density at radius 2 is 1.27 bits per heavy atom. The van der Waals surface area contributed by atoms with Crippen molar-refractivity contribution in [2.45, 2.75) is 172 Å². The van der Waals surface area contributed by atoms with Crippen LogP contribution in [0.2, 0.25) is 0 Å². The van der Waals surface area contributed by atoms with E-state index in [1.54, 1.807) is 6.08 Å². The van der Waals surface area contributed by atoms with Gasteiger partial charge in [-0.25, -0.2) is 0 Å². The summed E-state index contributed by atoms with van der Waals surface area (Å²) in [5, 5.41) is 53.2. The van der Waals surface area contributed by atoms with Crippen LogP contribution in [0.15, 0.2) is 36.5 Å². The third-order valence-electron chi connectivity index (χ3n) is 8.20. The molecule has 1 rings (SSSR count). The molecule has 1 fully saturated rings. The number of aliphatic hydroxyl groups is 5. The summed E-state index contributed by atoms with van der Waals surface area (Å²) in [7, 11) is 0. The molecule has 0 aliphatic carbocycles. The first-order valence-electron chi connectivity index (χ1n) is 17.7. The van der Waals surface area contributed by atoms with Gasteiger partial charge in [-0.1, -0.05) is 115 Å². The van der Waals surface area contributed by atoms with Crippen LogP contribution in [0.4, 0.5) is 0 Å². The third-order valence-corrected chi connectivity index (χ3v) is 8.20. The van der Waals surface area contributed by atoms with Crippen molar-refractivity contribution < 1.29 is 39.8 Å². The van der Waals surface area contributed by atoms with Gasteiger partial charge in [0, 0.05) is 6.42 Å². The van der Waals surface area contributed by atoms with Crippen molar-refractivity contribution in [2.24, 2.45) is 0 Å². The van der Waals surface area contributed by atoms with E-state index in [9.17, 15) is 30.3 Å². The quantitative estimate of drug-likeness (QED) is 0.0519. The summed E-state index contributed by atoms with van der Waals surface area (Å²) in [5.41, 5.74) is 0. The Balaban J connectivity index is 2.31. The number of hydrogen-bond acceptors (Lipinski definition) is 8. The highest BCUT2D eigenvalue weighted by Crippen LogP contribution is 2.22. The minimum atomic E-state index is -1.57. The first kappa shape index (κ1) is 41.4. The van der Waals surface area contributed by atoms with Gasteiger partial charge in [-0.05, 0) is 44.9 Å². The lowest BCUT2D eigenvalue weighted by atomic mass is 9.99. The number of nitrogens with one attached hydrogen (secondary N) is 1. The fraction of sp³-hybridized carbons (Fsp3) is 0.806. The number of ether oxygens (including phenoxy) is 2. The maximum Gasteiger partial charge on any atom is 0.220 e. The van der Waals surface area contributed by atoms with Crippen LogP contribution in [0, 0.1) is 0 Å². The minimum Gasteiger partial charge on any atom is -0.394 e. The predicted molar refractivity (Wildman–Crippen MR) is 180 cm³/mol. The van der Waals surface area contributed by atoms with Gasteiger partial charge in [0.2, 0.25) is 5.91 Å². The van der Waals surface area contributed by atoms with Gasteiger partial charge in [0.1, 0.15) is 24.4 Å². The Labute approximate surface area is 272 Å². The SMILES string of the molecule is CCCCCCCCCCCC/C=C/CC/C=C/CC/C=C/C(O)C(COC1OC(CO)C(O)C(O)C1O)NC(=O)CCCC. The van der Waals surface area contributed by atoms with Crippen LogP contribution >= 0.6 is 0 Å². The van der Waals surface area contributed by atoms with Gasteiger partial charge in [0.05, 0.1) is 25.4 Å². The van der Waals surface area contributed by atoms with Crippen LogP contribution in [-0.4, -0.2) is 87.5 Å². The van der Waals surface area contributed by atoms with E-state index in [0.717, 1.165) is 32.1 Å². The Hall–Kier alpha value is -1.59. The highest BCUT2D eigenvalue weighted by atomic mass is 16.7. The second kappa shape index (κ2) is 27.5. The normalized spacial score (nSPS) is 23.8. The molecule has 0 radical (unpaired) electrons. The van der Waals surface area contributed by atoms with E-state index in [0.29, 0.717) is 12.8 Å². The molecule has 6 N–H and O–H groups in total. The molecule has 262 valence electrons. The van der Waals surface area contributed by atoms with Crippen LogP contribution in [0.1, 0.15) is 129 Å². The summed E-state index contributed by atoms with van der Waals surface area (Å²) < 4.78 is 11.0. The van der Waals surface area contributed by atoms with Crippen LogP contribution in [0.25, 0.3) is 0 Å². The number of carbonyl (C=O) groups excluding carboxylic acids is 1. The first-order chi connectivity index (χ1) is 21.8. The summed E-state index contributed by atoms with van der Waals surface area (Å²) in [6, 6.07) is -0.819. The van der Waals surface area contributed by atoms with Gasteiger partial charge < -0.3 is 40.3 Å². The van der Waals surface area contributed by atoms with Crippen LogP contribution in [0.5, 0.6) is 0 Å². The third kappa shape index (κ3) is 19.6. The maximum atomic E-state index is 12.4. The van der Waals surface area contributed by atoms with Crippen LogP contribution in [-0.2, 0) is 14.3 Å². The Morgan fingerprint density at radius 1 is 0.733 bits per heavy atom. The molecule has 1 saturated heterocycles.